The van der Waals surface area contributed by atoms with Gasteiger partial charge in [0.15, 0.2) is 0 Å². The first kappa shape index (κ1) is 9.55. The molecule has 4 atom stereocenters. The molecule has 0 heterocycles. The SMILES string of the molecule is CCC1C2CCCC2C(C)(C)C1C. The summed E-state index contributed by atoms with van der Waals surface area (Å²) in [6, 6.07) is 0. The number of fused-ring (bicyclic) bond motifs is 1. The van der Waals surface area contributed by atoms with Crippen molar-refractivity contribution in [1.82, 2.24) is 0 Å². The standard InChI is InChI=1S/C13H24/c1-5-10-9(2)13(3,4)12-8-6-7-11(10)12/h9-12H,5-8H2,1-4H3. The van der Waals surface area contributed by atoms with Gasteiger partial charge >= 0.3 is 0 Å². The molecule has 0 nitrogen and oxygen atoms in total. The van der Waals surface area contributed by atoms with E-state index in [-0.39, 0.29) is 0 Å². The Morgan fingerprint density at radius 3 is 2.54 bits per heavy atom. The van der Waals surface area contributed by atoms with E-state index in [9.17, 15) is 0 Å². The highest BCUT2D eigenvalue weighted by molar-refractivity contribution is 5.02. The van der Waals surface area contributed by atoms with Crippen LogP contribution in [0, 0.1) is 29.1 Å². The second kappa shape index (κ2) is 3.00. The summed E-state index contributed by atoms with van der Waals surface area (Å²) in [5.74, 6) is 4.11. The van der Waals surface area contributed by atoms with E-state index < -0.39 is 0 Å². The van der Waals surface area contributed by atoms with Crippen molar-refractivity contribution in [3.8, 4) is 0 Å². The molecule has 2 fully saturated rings. The molecular weight excluding hydrogens is 156 g/mol. The maximum absolute atomic E-state index is 2.51. The van der Waals surface area contributed by atoms with Crippen molar-refractivity contribution in [2.24, 2.45) is 29.1 Å². The molecule has 0 radical (unpaired) electrons. The van der Waals surface area contributed by atoms with Gasteiger partial charge in [-0.05, 0) is 41.9 Å². The number of hydrogen-bond acceptors (Lipinski definition) is 0. The van der Waals surface area contributed by atoms with Crippen molar-refractivity contribution in [1.29, 1.82) is 0 Å². The molecule has 13 heavy (non-hydrogen) atoms. The average Bonchev–Trinajstić information content (AvgIpc) is 2.59. The zero-order valence-corrected chi connectivity index (χ0v) is 9.64. The molecule has 0 spiro atoms. The lowest BCUT2D eigenvalue weighted by molar-refractivity contribution is 0.178. The highest BCUT2D eigenvalue weighted by Gasteiger charge is 2.53. The van der Waals surface area contributed by atoms with Gasteiger partial charge in [0, 0.05) is 0 Å². The average molecular weight is 180 g/mol. The zero-order chi connectivity index (χ0) is 9.64. The van der Waals surface area contributed by atoms with Crippen molar-refractivity contribution >= 4 is 0 Å². The predicted molar refractivity (Wildman–Crippen MR) is 57.6 cm³/mol. The van der Waals surface area contributed by atoms with E-state index in [1.165, 1.54) is 25.7 Å². The molecule has 0 aliphatic heterocycles. The molecule has 0 aromatic carbocycles. The van der Waals surface area contributed by atoms with E-state index >= 15 is 0 Å². The Balaban J connectivity index is 2.26. The van der Waals surface area contributed by atoms with Crippen LogP contribution >= 0.6 is 0 Å². The maximum Gasteiger partial charge on any atom is -0.0295 e. The molecule has 0 aromatic rings. The predicted octanol–water partition coefficient (Wildman–Crippen LogP) is 4.10. The highest BCUT2D eigenvalue weighted by Crippen LogP contribution is 2.60. The topological polar surface area (TPSA) is 0 Å². The molecule has 0 N–H and O–H groups in total. The van der Waals surface area contributed by atoms with Crippen molar-refractivity contribution in [2.75, 3.05) is 0 Å². The van der Waals surface area contributed by atoms with Crippen LogP contribution in [0.5, 0.6) is 0 Å². The van der Waals surface area contributed by atoms with E-state index in [1.807, 2.05) is 0 Å². The Bertz CT molecular complexity index is 192. The van der Waals surface area contributed by atoms with Crippen LogP contribution in [0.15, 0.2) is 0 Å². The normalized spacial score (nSPS) is 48.0. The summed E-state index contributed by atoms with van der Waals surface area (Å²) in [5.41, 5.74) is 0.627. The Morgan fingerprint density at radius 1 is 1.23 bits per heavy atom. The van der Waals surface area contributed by atoms with Gasteiger partial charge in [-0.1, -0.05) is 40.5 Å². The molecule has 2 rings (SSSR count). The van der Waals surface area contributed by atoms with Gasteiger partial charge in [-0.25, -0.2) is 0 Å². The summed E-state index contributed by atoms with van der Waals surface area (Å²) in [5, 5.41) is 0. The first-order valence-corrected chi connectivity index (χ1v) is 6.09. The van der Waals surface area contributed by atoms with Gasteiger partial charge in [0.05, 0.1) is 0 Å². The third-order valence-corrected chi connectivity index (χ3v) is 5.36. The molecule has 0 amide bonds. The molecule has 4 unspecified atom stereocenters. The lowest BCUT2D eigenvalue weighted by Crippen LogP contribution is -2.24. The van der Waals surface area contributed by atoms with Crippen LogP contribution in [0.4, 0.5) is 0 Å². The third-order valence-electron chi connectivity index (χ3n) is 5.36. The maximum atomic E-state index is 2.51. The molecule has 0 aromatic heterocycles. The van der Waals surface area contributed by atoms with Crippen molar-refractivity contribution in [3.05, 3.63) is 0 Å². The largest absolute Gasteiger partial charge is 0.0651 e. The molecule has 2 aliphatic carbocycles. The Kier molecular flexibility index (Phi) is 2.20. The fourth-order valence-corrected chi connectivity index (χ4v) is 4.34. The van der Waals surface area contributed by atoms with Crippen LogP contribution in [0.1, 0.15) is 53.4 Å². The van der Waals surface area contributed by atoms with E-state index in [0.717, 1.165) is 23.7 Å². The van der Waals surface area contributed by atoms with E-state index in [4.69, 9.17) is 0 Å². The van der Waals surface area contributed by atoms with Crippen LogP contribution < -0.4 is 0 Å². The van der Waals surface area contributed by atoms with Crippen molar-refractivity contribution < 1.29 is 0 Å². The minimum absolute atomic E-state index is 0.627. The van der Waals surface area contributed by atoms with Gasteiger partial charge in [0.1, 0.15) is 0 Å². The van der Waals surface area contributed by atoms with Crippen molar-refractivity contribution in [3.63, 3.8) is 0 Å². The third kappa shape index (κ3) is 1.17. The van der Waals surface area contributed by atoms with Crippen LogP contribution in [0.25, 0.3) is 0 Å². The summed E-state index contributed by atoms with van der Waals surface area (Å²) < 4.78 is 0. The summed E-state index contributed by atoms with van der Waals surface area (Å²) in [6.07, 6.45) is 5.95. The molecule has 76 valence electrons. The fourth-order valence-electron chi connectivity index (χ4n) is 4.34. The van der Waals surface area contributed by atoms with Crippen LogP contribution in [-0.2, 0) is 0 Å². The van der Waals surface area contributed by atoms with E-state index in [0.29, 0.717) is 5.41 Å². The van der Waals surface area contributed by atoms with Gasteiger partial charge < -0.3 is 0 Å². The smallest absolute Gasteiger partial charge is 0.0295 e. The first-order chi connectivity index (χ1) is 6.09. The summed E-state index contributed by atoms with van der Waals surface area (Å²) in [7, 11) is 0. The highest BCUT2D eigenvalue weighted by atomic mass is 14.6. The summed E-state index contributed by atoms with van der Waals surface area (Å²) >= 11 is 0. The van der Waals surface area contributed by atoms with Crippen LogP contribution in [0.3, 0.4) is 0 Å². The molecular formula is C13H24. The lowest BCUT2D eigenvalue weighted by Gasteiger charge is -2.31. The van der Waals surface area contributed by atoms with Crippen molar-refractivity contribution in [2.45, 2.75) is 53.4 Å². The number of rotatable bonds is 1. The summed E-state index contributed by atoms with van der Waals surface area (Å²) in [6.45, 7) is 9.90. The zero-order valence-electron chi connectivity index (χ0n) is 9.64. The molecule has 2 saturated carbocycles. The van der Waals surface area contributed by atoms with Gasteiger partial charge in [-0.2, -0.15) is 0 Å². The monoisotopic (exact) mass is 180 g/mol. The lowest BCUT2D eigenvalue weighted by atomic mass is 9.74. The minimum Gasteiger partial charge on any atom is -0.0651 e. The van der Waals surface area contributed by atoms with E-state index in [2.05, 4.69) is 27.7 Å². The molecule has 2 aliphatic rings. The molecule has 0 saturated heterocycles. The van der Waals surface area contributed by atoms with Gasteiger partial charge in [0.2, 0.25) is 0 Å². The molecule has 0 bridgehead atoms. The Hall–Kier alpha value is 0. The number of hydrogen-bond donors (Lipinski definition) is 0. The summed E-state index contributed by atoms with van der Waals surface area (Å²) in [4.78, 5) is 0. The quantitative estimate of drug-likeness (QED) is 0.570. The fraction of sp³-hybridized carbons (Fsp3) is 1.00. The second-order valence-corrected chi connectivity index (χ2v) is 5.88. The minimum atomic E-state index is 0.627. The first-order valence-electron chi connectivity index (χ1n) is 6.09. The van der Waals surface area contributed by atoms with Gasteiger partial charge in [-0.15, -0.1) is 0 Å². The Labute approximate surface area is 83.1 Å². The van der Waals surface area contributed by atoms with Gasteiger partial charge in [0.25, 0.3) is 0 Å². The van der Waals surface area contributed by atoms with E-state index in [1.54, 1.807) is 0 Å². The second-order valence-electron chi connectivity index (χ2n) is 5.88. The van der Waals surface area contributed by atoms with Crippen LogP contribution in [-0.4, -0.2) is 0 Å². The molecule has 0 heteroatoms. The van der Waals surface area contributed by atoms with Gasteiger partial charge in [-0.3, -0.25) is 0 Å². The van der Waals surface area contributed by atoms with Crippen LogP contribution in [0.2, 0.25) is 0 Å². The Morgan fingerprint density at radius 2 is 1.92 bits per heavy atom.